The van der Waals surface area contributed by atoms with Gasteiger partial charge in [-0.15, -0.1) is 0 Å². The van der Waals surface area contributed by atoms with Crippen molar-refractivity contribution in [2.75, 3.05) is 6.54 Å². The SMILES string of the molecule is FC1=CC=C(C2C=CCN2)CC1. The monoisotopic (exact) mass is 165 g/mol. The Kier molecular flexibility index (Phi) is 2.09. The van der Waals surface area contributed by atoms with Crippen molar-refractivity contribution in [1.29, 1.82) is 0 Å². The van der Waals surface area contributed by atoms with Crippen molar-refractivity contribution in [1.82, 2.24) is 5.32 Å². The van der Waals surface area contributed by atoms with Crippen molar-refractivity contribution in [3.8, 4) is 0 Å². The van der Waals surface area contributed by atoms with Crippen LogP contribution in [0.15, 0.2) is 35.7 Å². The first-order valence-corrected chi connectivity index (χ1v) is 4.31. The van der Waals surface area contributed by atoms with Crippen LogP contribution in [0.2, 0.25) is 0 Å². The molecule has 1 aliphatic carbocycles. The van der Waals surface area contributed by atoms with Gasteiger partial charge in [-0.05, 0) is 18.1 Å². The molecule has 0 amide bonds. The Morgan fingerprint density at radius 2 is 2.25 bits per heavy atom. The Bertz CT molecular complexity index is 263. The first-order valence-electron chi connectivity index (χ1n) is 4.31. The molecule has 64 valence electrons. The second-order valence-electron chi connectivity index (χ2n) is 3.17. The normalized spacial score (nSPS) is 28.6. The van der Waals surface area contributed by atoms with Gasteiger partial charge in [-0.2, -0.15) is 0 Å². The molecule has 2 rings (SSSR count). The van der Waals surface area contributed by atoms with E-state index in [-0.39, 0.29) is 5.83 Å². The summed E-state index contributed by atoms with van der Waals surface area (Å²) < 4.78 is 12.6. The third kappa shape index (κ3) is 1.48. The molecular formula is C10H12FN. The summed E-state index contributed by atoms with van der Waals surface area (Å²) >= 11 is 0. The van der Waals surface area contributed by atoms with Crippen LogP contribution < -0.4 is 5.32 Å². The number of rotatable bonds is 1. The first kappa shape index (κ1) is 7.74. The highest BCUT2D eigenvalue weighted by Crippen LogP contribution is 2.22. The van der Waals surface area contributed by atoms with E-state index in [1.807, 2.05) is 6.08 Å². The average Bonchev–Trinajstić information content (AvgIpc) is 2.58. The summed E-state index contributed by atoms with van der Waals surface area (Å²) in [6.07, 6.45) is 9.14. The smallest absolute Gasteiger partial charge is 0.100 e. The van der Waals surface area contributed by atoms with Gasteiger partial charge in [0.1, 0.15) is 5.83 Å². The topological polar surface area (TPSA) is 12.0 Å². The number of hydrogen-bond acceptors (Lipinski definition) is 1. The van der Waals surface area contributed by atoms with E-state index in [0.717, 1.165) is 13.0 Å². The van der Waals surface area contributed by atoms with Gasteiger partial charge in [0.25, 0.3) is 0 Å². The lowest BCUT2D eigenvalue weighted by Crippen LogP contribution is -2.24. The fourth-order valence-electron chi connectivity index (χ4n) is 1.61. The lowest BCUT2D eigenvalue weighted by molar-refractivity contribution is 0.570. The number of allylic oxidation sites excluding steroid dienone is 3. The molecule has 1 N–H and O–H groups in total. The molecule has 2 heteroatoms. The minimum atomic E-state index is 0.000673. The maximum Gasteiger partial charge on any atom is 0.100 e. The summed E-state index contributed by atoms with van der Waals surface area (Å²) in [5.74, 6) is 0.000673. The van der Waals surface area contributed by atoms with Crippen molar-refractivity contribution < 1.29 is 4.39 Å². The standard InChI is InChI=1S/C10H12FN/c11-9-5-3-8(4-6-9)10-2-1-7-12-10/h1-3,5,10,12H,4,6-7H2. The molecule has 0 saturated heterocycles. The molecule has 0 radical (unpaired) electrons. The molecule has 0 saturated carbocycles. The van der Waals surface area contributed by atoms with Crippen molar-refractivity contribution in [2.45, 2.75) is 18.9 Å². The van der Waals surface area contributed by atoms with E-state index in [1.54, 1.807) is 6.08 Å². The molecular weight excluding hydrogens is 153 g/mol. The van der Waals surface area contributed by atoms with Crippen LogP contribution >= 0.6 is 0 Å². The highest BCUT2D eigenvalue weighted by Gasteiger charge is 2.15. The van der Waals surface area contributed by atoms with Crippen LogP contribution in [0, 0.1) is 0 Å². The van der Waals surface area contributed by atoms with Crippen molar-refractivity contribution in [3.05, 3.63) is 35.7 Å². The van der Waals surface area contributed by atoms with Crippen molar-refractivity contribution >= 4 is 0 Å². The zero-order valence-corrected chi connectivity index (χ0v) is 6.89. The molecule has 0 aromatic rings. The Morgan fingerprint density at radius 3 is 2.83 bits per heavy atom. The first-order chi connectivity index (χ1) is 5.86. The third-order valence-electron chi connectivity index (χ3n) is 2.31. The second-order valence-corrected chi connectivity index (χ2v) is 3.17. The van der Waals surface area contributed by atoms with Gasteiger partial charge in [0.2, 0.25) is 0 Å². The Balaban J connectivity index is 2.09. The quantitative estimate of drug-likeness (QED) is 0.587. The molecule has 12 heavy (non-hydrogen) atoms. The van der Waals surface area contributed by atoms with E-state index in [1.165, 1.54) is 5.57 Å². The second kappa shape index (κ2) is 3.23. The minimum absolute atomic E-state index is 0.000673. The van der Waals surface area contributed by atoms with Crippen LogP contribution in [0.5, 0.6) is 0 Å². The Labute approximate surface area is 71.7 Å². The van der Waals surface area contributed by atoms with E-state index in [9.17, 15) is 4.39 Å². The largest absolute Gasteiger partial charge is 0.303 e. The minimum Gasteiger partial charge on any atom is -0.303 e. The molecule has 0 aromatic carbocycles. The van der Waals surface area contributed by atoms with Gasteiger partial charge >= 0.3 is 0 Å². The van der Waals surface area contributed by atoms with Gasteiger partial charge in [-0.1, -0.05) is 18.2 Å². The van der Waals surface area contributed by atoms with Gasteiger partial charge in [-0.25, -0.2) is 4.39 Å². The van der Waals surface area contributed by atoms with Crippen molar-refractivity contribution in [3.63, 3.8) is 0 Å². The van der Waals surface area contributed by atoms with Gasteiger partial charge in [-0.3, -0.25) is 0 Å². The van der Waals surface area contributed by atoms with Gasteiger partial charge in [0.05, 0.1) is 0 Å². The van der Waals surface area contributed by atoms with Gasteiger partial charge < -0.3 is 5.32 Å². The lowest BCUT2D eigenvalue weighted by atomic mass is 9.98. The Morgan fingerprint density at radius 1 is 1.33 bits per heavy atom. The van der Waals surface area contributed by atoms with E-state index in [2.05, 4.69) is 17.5 Å². The molecule has 1 nitrogen and oxygen atoms in total. The third-order valence-corrected chi connectivity index (χ3v) is 2.31. The molecule has 2 aliphatic rings. The summed E-state index contributed by atoms with van der Waals surface area (Å²) in [5, 5.41) is 3.31. The van der Waals surface area contributed by atoms with E-state index >= 15 is 0 Å². The lowest BCUT2D eigenvalue weighted by Gasteiger charge is -2.16. The molecule has 1 heterocycles. The predicted molar refractivity (Wildman–Crippen MR) is 47.4 cm³/mol. The fourth-order valence-corrected chi connectivity index (χ4v) is 1.61. The van der Waals surface area contributed by atoms with Crippen molar-refractivity contribution in [2.24, 2.45) is 0 Å². The summed E-state index contributed by atoms with van der Waals surface area (Å²) in [4.78, 5) is 0. The number of halogens is 1. The number of hydrogen-bond donors (Lipinski definition) is 1. The predicted octanol–water partition coefficient (Wildman–Crippen LogP) is 2.09. The van der Waals surface area contributed by atoms with Gasteiger partial charge in [0.15, 0.2) is 0 Å². The highest BCUT2D eigenvalue weighted by atomic mass is 19.1. The van der Waals surface area contributed by atoms with Crippen LogP contribution in [0.1, 0.15) is 12.8 Å². The Hall–Kier alpha value is -0.890. The maximum absolute atomic E-state index is 12.6. The summed E-state index contributed by atoms with van der Waals surface area (Å²) in [5.41, 5.74) is 1.30. The average molecular weight is 165 g/mol. The fraction of sp³-hybridized carbons (Fsp3) is 0.400. The molecule has 0 bridgehead atoms. The zero-order chi connectivity index (χ0) is 8.39. The highest BCUT2D eigenvalue weighted by molar-refractivity contribution is 5.29. The summed E-state index contributed by atoms with van der Waals surface area (Å²) in [6, 6.07) is 0.356. The van der Waals surface area contributed by atoms with Crippen LogP contribution in [0.25, 0.3) is 0 Å². The zero-order valence-electron chi connectivity index (χ0n) is 6.89. The molecule has 0 fully saturated rings. The summed E-state index contributed by atoms with van der Waals surface area (Å²) in [6.45, 7) is 0.939. The van der Waals surface area contributed by atoms with Crippen LogP contribution in [-0.4, -0.2) is 12.6 Å². The maximum atomic E-state index is 12.6. The van der Waals surface area contributed by atoms with Crippen LogP contribution in [-0.2, 0) is 0 Å². The van der Waals surface area contributed by atoms with Crippen LogP contribution in [0.4, 0.5) is 4.39 Å². The molecule has 1 atom stereocenters. The van der Waals surface area contributed by atoms with Crippen LogP contribution in [0.3, 0.4) is 0 Å². The van der Waals surface area contributed by atoms with E-state index in [0.29, 0.717) is 12.5 Å². The molecule has 0 aromatic heterocycles. The molecule has 1 aliphatic heterocycles. The van der Waals surface area contributed by atoms with Gasteiger partial charge in [0, 0.05) is 19.0 Å². The number of nitrogens with one attached hydrogen (secondary N) is 1. The van der Waals surface area contributed by atoms with E-state index < -0.39 is 0 Å². The molecule has 1 unspecified atom stereocenters. The van der Waals surface area contributed by atoms with E-state index in [4.69, 9.17) is 0 Å². The molecule has 0 spiro atoms. The summed E-state index contributed by atoms with van der Waals surface area (Å²) in [7, 11) is 0.